The van der Waals surface area contributed by atoms with E-state index in [9.17, 15) is 4.39 Å². The van der Waals surface area contributed by atoms with Gasteiger partial charge in [-0.05, 0) is 36.8 Å². The Morgan fingerprint density at radius 1 is 1.12 bits per heavy atom. The summed E-state index contributed by atoms with van der Waals surface area (Å²) in [6, 6.07) is 12.0. The summed E-state index contributed by atoms with van der Waals surface area (Å²) in [6.45, 7) is 2.97. The molecule has 136 valence electrons. The first-order valence-corrected chi connectivity index (χ1v) is 9.68. The lowest BCUT2D eigenvalue weighted by molar-refractivity contribution is 0.288. The Morgan fingerprint density at radius 3 is 2.58 bits per heavy atom. The first-order valence-electron chi connectivity index (χ1n) is 7.94. The summed E-state index contributed by atoms with van der Waals surface area (Å²) in [5, 5.41) is 10.0. The fourth-order valence-electron chi connectivity index (χ4n) is 2.29. The third-order valence-corrected chi connectivity index (χ3v) is 5.23. The second kappa shape index (κ2) is 8.75. The van der Waals surface area contributed by atoms with Crippen molar-refractivity contribution in [3.63, 3.8) is 0 Å². The number of benzene rings is 2. The molecule has 0 saturated heterocycles. The predicted molar refractivity (Wildman–Crippen MR) is 102 cm³/mol. The molecule has 0 amide bonds. The van der Waals surface area contributed by atoms with Crippen LogP contribution in [0.15, 0.2) is 47.6 Å². The number of ether oxygens (including phenoxy) is 1. The second-order valence-electron chi connectivity index (χ2n) is 5.42. The van der Waals surface area contributed by atoms with Gasteiger partial charge in [-0.25, -0.2) is 4.39 Å². The van der Waals surface area contributed by atoms with Crippen molar-refractivity contribution in [1.82, 2.24) is 14.8 Å². The van der Waals surface area contributed by atoms with E-state index in [0.717, 1.165) is 28.0 Å². The molecular formula is C18H16Cl2FN3OS. The van der Waals surface area contributed by atoms with Crippen LogP contribution in [-0.4, -0.2) is 14.8 Å². The van der Waals surface area contributed by atoms with Gasteiger partial charge in [0, 0.05) is 23.4 Å². The van der Waals surface area contributed by atoms with E-state index in [1.54, 1.807) is 11.8 Å². The molecule has 0 aliphatic carbocycles. The topological polar surface area (TPSA) is 39.9 Å². The van der Waals surface area contributed by atoms with Crippen LogP contribution in [0.4, 0.5) is 4.39 Å². The summed E-state index contributed by atoms with van der Waals surface area (Å²) < 4.78 is 20.9. The van der Waals surface area contributed by atoms with Crippen molar-refractivity contribution in [2.75, 3.05) is 0 Å². The Balaban J connectivity index is 1.65. The molecule has 8 heteroatoms. The van der Waals surface area contributed by atoms with Gasteiger partial charge in [0.1, 0.15) is 18.2 Å². The van der Waals surface area contributed by atoms with Crippen LogP contribution < -0.4 is 4.74 Å². The van der Waals surface area contributed by atoms with Gasteiger partial charge in [0.2, 0.25) is 0 Å². The summed E-state index contributed by atoms with van der Waals surface area (Å²) in [6.07, 6.45) is 0. The first-order chi connectivity index (χ1) is 12.6. The van der Waals surface area contributed by atoms with Crippen molar-refractivity contribution in [2.24, 2.45) is 0 Å². The Hall–Kier alpha value is -1.76. The molecule has 0 atom stereocenters. The molecule has 0 aliphatic heterocycles. The van der Waals surface area contributed by atoms with Crippen molar-refractivity contribution < 1.29 is 9.13 Å². The zero-order chi connectivity index (χ0) is 18.5. The lowest BCUT2D eigenvalue weighted by Crippen LogP contribution is -2.07. The highest BCUT2D eigenvalue weighted by molar-refractivity contribution is 7.98. The maximum atomic E-state index is 13.2. The van der Waals surface area contributed by atoms with Crippen LogP contribution in [0.2, 0.25) is 10.0 Å². The van der Waals surface area contributed by atoms with Crippen molar-refractivity contribution >= 4 is 35.0 Å². The Bertz CT molecular complexity index is 887. The average Bonchev–Trinajstić information content (AvgIpc) is 3.04. The molecular weight excluding hydrogens is 396 g/mol. The standard InChI is InChI=1S/C18H16Cl2FN3OS/c1-2-24-17(10-25-14-7-8-16(21)15(20)9-14)22-23-18(24)26-11-12-3-5-13(19)6-4-12/h3-9H,2,10-11H2,1H3. The van der Waals surface area contributed by atoms with Crippen LogP contribution in [0, 0.1) is 5.82 Å². The summed E-state index contributed by atoms with van der Waals surface area (Å²) in [4.78, 5) is 0. The largest absolute Gasteiger partial charge is 0.486 e. The number of thioether (sulfide) groups is 1. The SMILES string of the molecule is CCn1c(COc2ccc(F)c(Cl)c2)nnc1SCc1ccc(Cl)cc1. The number of nitrogens with zero attached hydrogens (tertiary/aromatic N) is 3. The highest BCUT2D eigenvalue weighted by Crippen LogP contribution is 2.25. The van der Waals surface area contributed by atoms with Gasteiger partial charge >= 0.3 is 0 Å². The smallest absolute Gasteiger partial charge is 0.191 e. The van der Waals surface area contributed by atoms with Gasteiger partial charge in [0.15, 0.2) is 11.0 Å². The van der Waals surface area contributed by atoms with Gasteiger partial charge in [-0.3, -0.25) is 0 Å². The van der Waals surface area contributed by atoms with Crippen LogP contribution in [0.1, 0.15) is 18.3 Å². The van der Waals surface area contributed by atoms with Crippen molar-refractivity contribution in [3.05, 3.63) is 69.7 Å². The van der Waals surface area contributed by atoms with Crippen LogP contribution in [0.5, 0.6) is 5.75 Å². The first kappa shape index (κ1) is 19.0. The molecule has 0 radical (unpaired) electrons. The van der Waals surface area contributed by atoms with Crippen LogP contribution in [0.25, 0.3) is 0 Å². The molecule has 2 aromatic carbocycles. The van der Waals surface area contributed by atoms with Crippen LogP contribution in [0.3, 0.4) is 0 Å². The third kappa shape index (κ3) is 4.69. The van der Waals surface area contributed by atoms with Crippen molar-refractivity contribution in [3.8, 4) is 5.75 Å². The van der Waals surface area contributed by atoms with E-state index in [1.807, 2.05) is 35.8 Å². The molecule has 1 aromatic heterocycles. The molecule has 1 heterocycles. The van der Waals surface area contributed by atoms with Crippen molar-refractivity contribution in [1.29, 1.82) is 0 Å². The quantitative estimate of drug-likeness (QED) is 0.473. The number of hydrogen-bond acceptors (Lipinski definition) is 4. The maximum absolute atomic E-state index is 13.2. The minimum absolute atomic E-state index is 0.0265. The van der Waals surface area contributed by atoms with Crippen LogP contribution in [-0.2, 0) is 18.9 Å². The fourth-order valence-corrected chi connectivity index (χ4v) is 3.57. The Kier molecular flexibility index (Phi) is 6.40. The average molecular weight is 412 g/mol. The van der Waals surface area contributed by atoms with E-state index >= 15 is 0 Å². The van der Waals surface area contributed by atoms with Gasteiger partial charge in [-0.1, -0.05) is 47.1 Å². The number of rotatable bonds is 7. The molecule has 0 aliphatic rings. The second-order valence-corrected chi connectivity index (χ2v) is 7.21. The van der Waals surface area contributed by atoms with E-state index in [4.69, 9.17) is 27.9 Å². The van der Waals surface area contributed by atoms with E-state index < -0.39 is 5.82 Å². The molecule has 26 heavy (non-hydrogen) atoms. The lowest BCUT2D eigenvalue weighted by atomic mass is 10.2. The summed E-state index contributed by atoms with van der Waals surface area (Å²) in [5.41, 5.74) is 1.16. The summed E-state index contributed by atoms with van der Waals surface area (Å²) in [7, 11) is 0. The van der Waals surface area contributed by atoms with E-state index in [-0.39, 0.29) is 11.6 Å². The zero-order valence-electron chi connectivity index (χ0n) is 14.0. The number of halogens is 3. The molecule has 3 rings (SSSR count). The van der Waals surface area contributed by atoms with Gasteiger partial charge in [-0.2, -0.15) is 0 Å². The molecule has 0 spiro atoms. The normalized spacial score (nSPS) is 10.9. The highest BCUT2D eigenvalue weighted by atomic mass is 35.5. The predicted octanol–water partition coefficient (Wildman–Crippen LogP) is 5.62. The van der Waals surface area contributed by atoms with E-state index in [1.165, 1.54) is 18.2 Å². The maximum Gasteiger partial charge on any atom is 0.191 e. The minimum Gasteiger partial charge on any atom is -0.486 e. The summed E-state index contributed by atoms with van der Waals surface area (Å²) in [5.74, 6) is 1.48. The van der Waals surface area contributed by atoms with E-state index in [0.29, 0.717) is 11.6 Å². The fraction of sp³-hybridized carbons (Fsp3) is 0.222. The lowest BCUT2D eigenvalue weighted by Gasteiger charge is -2.09. The van der Waals surface area contributed by atoms with Crippen LogP contribution >= 0.6 is 35.0 Å². The number of aromatic nitrogens is 3. The molecule has 0 unspecified atom stereocenters. The molecule has 3 aromatic rings. The summed E-state index contributed by atoms with van der Waals surface area (Å²) >= 11 is 13.3. The van der Waals surface area contributed by atoms with Gasteiger partial charge < -0.3 is 9.30 Å². The Morgan fingerprint density at radius 2 is 1.88 bits per heavy atom. The highest BCUT2D eigenvalue weighted by Gasteiger charge is 2.12. The van der Waals surface area contributed by atoms with E-state index in [2.05, 4.69) is 10.2 Å². The zero-order valence-corrected chi connectivity index (χ0v) is 16.3. The van der Waals surface area contributed by atoms with Crippen molar-refractivity contribution in [2.45, 2.75) is 31.0 Å². The molecule has 0 N–H and O–H groups in total. The monoisotopic (exact) mass is 411 g/mol. The molecule has 0 saturated carbocycles. The molecule has 0 fully saturated rings. The van der Waals surface area contributed by atoms with Gasteiger partial charge in [0.25, 0.3) is 0 Å². The van der Waals surface area contributed by atoms with Gasteiger partial charge in [-0.15, -0.1) is 10.2 Å². The minimum atomic E-state index is -0.475. The molecule has 4 nitrogen and oxygen atoms in total. The number of hydrogen-bond donors (Lipinski definition) is 0. The third-order valence-electron chi connectivity index (χ3n) is 3.65. The Labute approximate surface area is 165 Å². The van der Waals surface area contributed by atoms with Gasteiger partial charge in [0.05, 0.1) is 5.02 Å². The molecule has 0 bridgehead atoms.